The number of imidazole rings is 1. The smallest absolute Gasteiger partial charge is 0.323 e. The van der Waals surface area contributed by atoms with Crippen LogP contribution < -0.4 is 4.74 Å². The minimum Gasteiger partial charge on any atom is -0.497 e. The molecule has 0 atom stereocenters. The summed E-state index contributed by atoms with van der Waals surface area (Å²) in [5.41, 5.74) is 3.90. The van der Waals surface area contributed by atoms with Gasteiger partial charge in [0.1, 0.15) is 22.4 Å². The zero-order valence-corrected chi connectivity index (χ0v) is 18.5. The molecular weight excluding hydrogens is 434 g/mol. The third kappa shape index (κ3) is 4.33. The molecule has 2 aromatic carbocycles. The predicted molar refractivity (Wildman–Crippen MR) is 124 cm³/mol. The molecule has 31 heavy (non-hydrogen) atoms. The molecule has 0 spiro atoms. The van der Waals surface area contributed by atoms with Gasteiger partial charge >= 0.3 is 5.97 Å². The number of methoxy groups -OCH3 is 1. The van der Waals surface area contributed by atoms with Crippen molar-refractivity contribution in [2.75, 3.05) is 13.7 Å². The first kappa shape index (κ1) is 21.1. The predicted octanol–water partition coefficient (Wildman–Crippen LogP) is 3.69. The van der Waals surface area contributed by atoms with Crippen LogP contribution in [0, 0.1) is 6.92 Å². The van der Waals surface area contributed by atoms with Crippen molar-refractivity contribution in [1.29, 1.82) is 0 Å². The van der Waals surface area contributed by atoms with Crippen LogP contribution in [0.5, 0.6) is 5.75 Å². The van der Waals surface area contributed by atoms with Gasteiger partial charge in [0.05, 0.1) is 23.0 Å². The van der Waals surface area contributed by atoms with Gasteiger partial charge in [-0.15, -0.1) is 0 Å². The summed E-state index contributed by atoms with van der Waals surface area (Å²) in [6.45, 7) is 2.14. The summed E-state index contributed by atoms with van der Waals surface area (Å²) >= 11 is 6.28. The maximum Gasteiger partial charge on any atom is 0.323 e. The molecule has 1 aliphatic heterocycles. The second kappa shape index (κ2) is 8.52. The van der Waals surface area contributed by atoms with E-state index >= 15 is 0 Å². The molecule has 1 N–H and O–H groups in total. The number of thioether (sulfide) groups is 1. The molecule has 1 amide bonds. The fourth-order valence-electron chi connectivity index (χ4n) is 3.30. The molecule has 9 heteroatoms. The van der Waals surface area contributed by atoms with Gasteiger partial charge in [0, 0.05) is 18.7 Å². The van der Waals surface area contributed by atoms with Crippen molar-refractivity contribution < 1.29 is 19.4 Å². The topological polar surface area (TPSA) is 84.7 Å². The van der Waals surface area contributed by atoms with Gasteiger partial charge in [0.25, 0.3) is 5.91 Å². The molecule has 0 bridgehead atoms. The lowest BCUT2D eigenvalue weighted by Crippen LogP contribution is -2.33. The number of thiocarbonyl (C=S) groups is 1. The van der Waals surface area contributed by atoms with Gasteiger partial charge in [-0.05, 0) is 24.6 Å². The zero-order chi connectivity index (χ0) is 22.1. The molecule has 0 radical (unpaired) electrons. The highest BCUT2D eigenvalue weighted by Gasteiger charge is 2.33. The third-order valence-corrected chi connectivity index (χ3v) is 6.25. The summed E-state index contributed by atoms with van der Waals surface area (Å²) in [4.78, 5) is 29.9. The van der Waals surface area contributed by atoms with Gasteiger partial charge in [-0.1, -0.05) is 53.8 Å². The van der Waals surface area contributed by atoms with Gasteiger partial charge in [-0.2, -0.15) is 0 Å². The highest BCUT2D eigenvalue weighted by atomic mass is 32.2. The quantitative estimate of drug-likeness (QED) is 0.450. The first-order valence-electron chi connectivity index (χ1n) is 9.42. The monoisotopic (exact) mass is 453 g/mol. The first-order valence-corrected chi connectivity index (χ1v) is 10.6. The van der Waals surface area contributed by atoms with Crippen LogP contribution in [-0.4, -0.2) is 49.4 Å². The number of fused-ring (bicyclic) bond motifs is 1. The number of aromatic nitrogens is 2. The Labute approximate surface area is 188 Å². The average molecular weight is 454 g/mol. The van der Waals surface area contributed by atoms with Gasteiger partial charge in [0.15, 0.2) is 0 Å². The third-order valence-electron chi connectivity index (χ3n) is 4.87. The van der Waals surface area contributed by atoms with Crippen LogP contribution in [0.1, 0.15) is 17.0 Å². The number of nitrogens with zero attached hydrogens (tertiary/aromatic N) is 3. The van der Waals surface area contributed by atoms with E-state index in [0.717, 1.165) is 33.3 Å². The lowest BCUT2D eigenvalue weighted by Gasteiger charge is -2.10. The Morgan fingerprint density at radius 3 is 2.68 bits per heavy atom. The van der Waals surface area contributed by atoms with Crippen molar-refractivity contribution >= 4 is 57.3 Å². The van der Waals surface area contributed by atoms with Crippen molar-refractivity contribution in [3.05, 3.63) is 64.3 Å². The number of aliphatic carboxylic acids is 1. The molecule has 1 fully saturated rings. The van der Waals surface area contributed by atoms with Gasteiger partial charge in [-0.25, -0.2) is 4.98 Å². The summed E-state index contributed by atoms with van der Waals surface area (Å²) in [5, 5.41) is 9.05. The van der Waals surface area contributed by atoms with E-state index in [-0.39, 0.29) is 4.32 Å². The van der Waals surface area contributed by atoms with Crippen LogP contribution >= 0.6 is 24.0 Å². The lowest BCUT2D eigenvalue weighted by molar-refractivity contribution is -0.140. The normalized spacial score (nSPS) is 15.3. The van der Waals surface area contributed by atoms with Crippen LogP contribution in [-0.2, 0) is 16.1 Å². The van der Waals surface area contributed by atoms with E-state index in [0.29, 0.717) is 23.0 Å². The molecular formula is C22H19N3O4S2. The van der Waals surface area contributed by atoms with Crippen molar-refractivity contribution in [3.63, 3.8) is 0 Å². The number of aryl methyl sites for hydroxylation is 1. The Kier molecular flexibility index (Phi) is 5.79. The van der Waals surface area contributed by atoms with Crippen molar-refractivity contribution in [2.24, 2.45) is 0 Å². The van der Waals surface area contributed by atoms with E-state index in [4.69, 9.17) is 27.0 Å². The standard InChI is InChI=1S/C22H19N3O4S2/c1-13-3-5-14(6-4-13)11-24-17-8-7-15(29-2)9-16(17)23-19(24)10-18-21(28)25(12-20(26)27)22(30)31-18/h3-10H,11-12H2,1-2H3,(H,26,27)/b18-10-. The van der Waals surface area contributed by atoms with E-state index in [1.54, 1.807) is 13.2 Å². The Morgan fingerprint density at radius 2 is 2.00 bits per heavy atom. The number of carbonyl (C=O) groups is 2. The lowest BCUT2D eigenvalue weighted by atomic mass is 10.1. The summed E-state index contributed by atoms with van der Waals surface area (Å²) in [6.07, 6.45) is 1.67. The molecule has 7 nitrogen and oxygen atoms in total. The highest BCUT2D eigenvalue weighted by Crippen LogP contribution is 2.33. The molecule has 0 unspecified atom stereocenters. The molecule has 2 heterocycles. The Bertz CT molecular complexity index is 1230. The molecule has 4 rings (SSSR count). The summed E-state index contributed by atoms with van der Waals surface area (Å²) in [7, 11) is 1.60. The number of ether oxygens (including phenoxy) is 1. The van der Waals surface area contributed by atoms with Crippen LogP contribution in [0.2, 0.25) is 0 Å². The molecule has 1 aliphatic rings. The van der Waals surface area contributed by atoms with Crippen LogP contribution in [0.3, 0.4) is 0 Å². The molecule has 3 aromatic rings. The van der Waals surface area contributed by atoms with E-state index < -0.39 is 18.4 Å². The van der Waals surface area contributed by atoms with E-state index in [2.05, 4.69) is 12.1 Å². The fourth-order valence-corrected chi connectivity index (χ4v) is 4.52. The summed E-state index contributed by atoms with van der Waals surface area (Å²) < 4.78 is 7.56. The Hall–Kier alpha value is -3.17. The number of hydrogen-bond donors (Lipinski definition) is 1. The van der Waals surface area contributed by atoms with Gasteiger partial charge < -0.3 is 14.4 Å². The van der Waals surface area contributed by atoms with E-state index in [9.17, 15) is 9.59 Å². The molecule has 158 valence electrons. The molecule has 1 aromatic heterocycles. The van der Waals surface area contributed by atoms with Crippen molar-refractivity contribution in [2.45, 2.75) is 13.5 Å². The number of rotatable bonds is 6. The summed E-state index contributed by atoms with van der Waals surface area (Å²) in [5.74, 6) is -0.272. The number of carboxylic acids is 1. The first-order chi connectivity index (χ1) is 14.9. The van der Waals surface area contributed by atoms with Crippen LogP contribution in [0.15, 0.2) is 47.4 Å². The van der Waals surface area contributed by atoms with Gasteiger partial charge in [-0.3, -0.25) is 14.5 Å². The maximum atomic E-state index is 12.7. The van der Waals surface area contributed by atoms with Crippen molar-refractivity contribution in [3.8, 4) is 5.75 Å². The fraction of sp³-hybridized carbons (Fsp3) is 0.182. The maximum absolute atomic E-state index is 12.7. The number of carboxylic acid groups (broad SMARTS) is 1. The number of benzene rings is 2. The molecule has 0 saturated carbocycles. The number of amides is 1. The Morgan fingerprint density at radius 1 is 1.26 bits per heavy atom. The van der Waals surface area contributed by atoms with Crippen LogP contribution in [0.4, 0.5) is 0 Å². The SMILES string of the molecule is COc1ccc2c(c1)nc(/C=C1\SC(=S)N(CC(=O)O)C1=O)n2Cc1ccc(C)cc1. The highest BCUT2D eigenvalue weighted by molar-refractivity contribution is 8.26. The number of carbonyl (C=O) groups excluding carboxylic acids is 1. The second-order valence-electron chi connectivity index (χ2n) is 7.06. The largest absolute Gasteiger partial charge is 0.497 e. The molecule has 0 aliphatic carbocycles. The van der Waals surface area contributed by atoms with Crippen molar-refractivity contribution in [1.82, 2.24) is 14.5 Å². The zero-order valence-electron chi connectivity index (χ0n) is 16.9. The summed E-state index contributed by atoms with van der Waals surface area (Å²) in [6, 6.07) is 13.9. The second-order valence-corrected chi connectivity index (χ2v) is 8.73. The minimum absolute atomic E-state index is 0.224. The Balaban J connectivity index is 1.78. The van der Waals surface area contributed by atoms with E-state index in [1.165, 1.54) is 5.56 Å². The van der Waals surface area contributed by atoms with Crippen LogP contribution in [0.25, 0.3) is 17.1 Å². The van der Waals surface area contributed by atoms with Gasteiger partial charge in [0.2, 0.25) is 0 Å². The molecule has 1 saturated heterocycles. The average Bonchev–Trinajstić information content (AvgIpc) is 3.20. The minimum atomic E-state index is -1.11. The number of hydrogen-bond acceptors (Lipinski definition) is 6. The van der Waals surface area contributed by atoms with E-state index in [1.807, 2.05) is 41.8 Å².